The number of fused-ring (bicyclic) bond motifs is 2. The molecular weight excluding hydrogens is 648 g/mol. The van der Waals surface area contributed by atoms with Gasteiger partial charge in [0.1, 0.15) is 64.0 Å². The van der Waals surface area contributed by atoms with E-state index in [1.54, 1.807) is 97.1 Å². The summed E-state index contributed by atoms with van der Waals surface area (Å²) in [5.74, 6) is -0.409. The lowest BCUT2D eigenvalue weighted by Crippen LogP contribution is -2.14. The van der Waals surface area contributed by atoms with Crippen molar-refractivity contribution >= 4 is 12.2 Å². The minimum Gasteiger partial charge on any atom is -0.508 e. The molecule has 0 radical (unpaired) electrons. The van der Waals surface area contributed by atoms with Crippen LogP contribution in [-0.4, -0.2) is 35.7 Å². The van der Waals surface area contributed by atoms with Crippen molar-refractivity contribution in [2.75, 3.05) is 0 Å². The first kappa shape index (κ1) is 31.5. The number of phenolic OH excluding ortho intramolecular Hbond substituents is 7. The molecule has 0 unspecified atom stereocenters. The molecule has 51 heavy (non-hydrogen) atoms. The predicted molar refractivity (Wildman–Crippen MR) is 190 cm³/mol. The predicted octanol–water partition coefficient (Wildman–Crippen LogP) is 8.33. The smallest absolute Gasteiger partial charge is 0.135 e. The molecule has 2 aliphatic rings. The molecule has 0 aliphatic carbocycles. The maximum absolute atomic E-state index is 10.7. The van der Waals surface area contributed by atoms with Gasteiger partial charge in [-0.15, -0.1) is 0 Å². The van der Waals surface area contributed by atoms with Crippen molar-refractivity contribution in [3.05, 3.63) is 160 Å². The minimum atomic E-state index is -0.652. The van der Waals surface area contributed by atoms with Gasteiger partial charge in [0.15, 0.2) is 0 Å². The van der Waals surface area contributed by atoms with Crippen molar-refractivity contribution < 1.29 is 45.2 Å². The van der Waals surface area contributed by atoms with Gasteiger partial charge in [-0.1, -0.05) is 48.6 Å². The Hall–Kier alpha value is -6.74. The molecule has 4 atom stereocenters. The van der Waals surface area contributed by atoms with Crippen molar-refractivity contribution in [3.8, 4) is 51.7 Å². The van der Waals surface area contributed by atoms with Crippen LogP contribution in [0, 0.1) is 0 Å². The second kappa shape index (κ2) is 12.3. The Morgan fingerprint density at radius 2 is 0.745 bits per heavy atom. The number of hydrogen-bond acceptors (Lipinski definition) is 9. The van der Waals surface area contributed by atoms with E-state index in [1.165, 1.54) is 12.1 Å². The highest BCUT2D eigenvalue weighted by molar-refractivity contribution is 5.80. The molecule has 0 aromatic heterocycles. The molecule has 9 nitrogen and oxygen atoms in total. The number of phenols is 7. The zero-order valence-corrected chi connectivity index (χ0v) is 26.9. The van der Waals surface area contributed by atoms with Crippen LogP contribution in [0.5, 0.6) is 51.7 Å². The van der Waals surface area contributed by atoms with Crippen molar-refractivity contribution in [2.24, 2.45) is 0 Å². The molecule has 0 saturated heterocycles. The second-order valence-corrected chi connectivity index (χ2v) is 12.8. The fourth-order valence-corrected chi connectivity index (χ4v) is 7.31. The van der Waals surface area contributed by atoms with Gasteiger partial charge < -0.3 is 45.2 Å². The average Bonchev–Trinajstić information content (AvgIpc) is 3.66. The van der Waals surface area contributed by atoms with Gasteiger partial charge in [-0.3, -0.25) is 0 Å². The monoisotopic (exact) mass is 680 g/mol. The summed E-state index contributed by atoms with van der Waals surface area (Å²) in [5.41, 5.74) is 5.59. The average molecular weight is 681 g/mol. The molecule has 254 valence electrons. The van der Waals surface area contributed by atoms with E-state index in [-0.39, 0.29) is 40.2 Å². The normalized spacial score (nSPS) is 19.0. The minimum absolute atomic E-state index is 0.0863. The molecule has 7 N–H and O–H groups in total. The van der Waals surface area contributed by atoms with Crippen molar-refractivity contribution in [2.45, 2.75) is 24.0 Å². The molecule has 0 spiro atoms. The zero-order valence-electron chi connectivity index (χ0n) is 26.9. The van der Waals surface area contributed by atoms with E-state index in [9.17, 15) is 35.7 Å². The van der Waals surface area contributed by atoms with Crippen LogP contribution in [0.15, 0.2) is 115 Å². The standard InChI is InChI=1S/C42H32O9/c43-27-8-1-22(2-9-27)3-14-34-39-35(50-41(23-4-10-28(44)11-5-23)37(39)25-15-30(46)19-31(47)16-25)21-36-40(34)38(26-17-32(48)20-33(49)18-26)42(51-36)24-6-12-29(45)13-7-24/h1-21,37-38,41-49H/b14-3-/t37-,38-,41-,42-/m1/s1. The summed E-state index contributed by atoms with van der Waals surface area (Å²) in [6.07, 6.45) is 2.52. The fourth-order valence-electron chi connectivity index (χ4n) is 7.31. The maximum Gasteiger partial charge on any atom is 0.135 e. The van der Waals surface area contributed by atoms with E-state index in [1.807, 2.05) is 18.2 Å². The van der Waals surface area contributed by atoms with Crippen LogP contribution in [-0.2, 0) is 0 Å². The first-order valence-electron chi connectivity index (χ1n) is 16.3. The summed E-state index contributed by atoms with van der Waals surface area (Å²) in [4.78, 5) is 0. The van der Waals surface area contributed by atoms with Gasteiger partial charge in [-0.2, -0.15) is 0 Å². The molecule has 9 heteroatoms. The van der Waals surface area contributed by atoms with Crippen LogP contribution < -0.4 is 9.47 Å². The number of rotatable bonds is 6. The summed E-state index contributed by atoms with van der Waals surface area (Å²) in [5, 5.41) is 72.8. The van der Waals surface area contributed by atoms with E-state index in [4.69, 9.17) is 9.47 Å². The van der Waals surface area contributed by atoms with Crippen LogP contribution in [0.3, 0.4) is 0 Å². The Kier molecular flexibility index (Phi) is 7.60. The summed E-state index contributed by atoms with van der Waals surface area (Å²) in [7, 11) is 0. The Balaban J connectivity index is 1.42. The Morgan fingerprint density at radius 1 is 0.373 bits per heavy atom. The van der Waals surface area contributed by atoms with Gasteiger partial charge >= 0.3 is 0 Å². The largest absolute Gasteiger partial charge is 0.508 e. The third kappa shape index (κ3) is 5.84. The number of ether oxygens (including phenoxy) is 2. The van der Waals surface area contributed by atoms with Crippen molar-refractivity contribution in [3.63, 3.8) is 0 Å². The molecule has 0 amide bonds. The third-order valence-electron chi connectivity index (χ3n) is 9.46. The Bertz CT molecular complexity index is 2120. The Morgan fingerprint density at radius 3 is 1.14 bits per heavy atom. The van der Waals surface area contributed by atoms with Crippen molar-refractivity contribution in [1.82, 2.24) is 0 Å². The molecular formula is C42H32O9. The molecule has 2 aliphatic heterocycles. The first-order chi connectivity index (χ1) is 24.6. The van der Waals surface area contributed by atoms with E-state index in [2.05, 4.69) is 0 Å². The van der Waals surface area contributed by atoms with Gasteiger partial charge in [0, 0.05) is 29.3 Å². The SMILES string of the molecule is Oc1ccc(/C=C\c2c3c(cc4c2[C@@H](c2cc(O)cc(O)c2)[C@@H](c2ccc(O)cc2)O4)O[C@H](c2ccc(O)cc2)[C@@H]3c2cc(O)cc(O)c2)cc1. The highest BCUT2D eigenvalue weighted by Gasteiger charge is 2.45. The lowest BCUT2D eigenvalue weighted by atomic mass is 9.77. The van der Waals surface area contributed by atoms with Gasteiger partial charge in [0.2, 0.25) is 0 Å². The van der Waals surface area contributed by atoms with E-state index in [0.717, 1.165) is 27.8 Å². The molecule has 0 fully saturated rings. The number of hydrogen-bond donors (Lipinski definition) is 7. The van der Waals surface area contributed by atoms with Crippen LogP contribution in [0.4, 0.5) is 0 Å². The topological polar surface area (TPSA) is 160 Å². The summed E-state index contributed by atoms with van der Waals surface area (Å²) < 4.78 is 13.5. The highest BCUT2D eigenvalue weighted by atomic mass is 16.5. The lowest BCUT2D eigenvalue weighted by Gasteiger charge is -2.24. The molecule has 8 rings (SSSR count). The van der Waals surface area contributed by atoms with Crippen LogP contribution in [0.1, 0.15) is 68.6 Å². The van der Waals surface area contributed by atoms with E-state index < -0.39 is 24.0 Å². The molecule has 0 bridgehead atoms. The maximum atomic E-state index is 10.7. The van der Waals surface area contributed by atoms with Crippen LogP contribution in [0.25, 0.3) is 12.2 Å². The fraction of sp³-hybridized carbons (Fsp3) is 0.0952. The van der Waals surface area contributed by atoms with Crippen LogP contribution in [0.2, 0.25) is 0 Å². The highest BCUT2D eigenvalue weighted by Crippen LogP contribution is 2.60. The van der Waals surface area contributed by atoms with Gasteiger partial charge in [-0.25, -0.2) is 0 Å². The van der Waals surface area contributed by atoms with E-state index in [0.29, 0.717) is 28.2 Å². The lowest BCUT2D eigenvalue weighted by molar-refractivity contribution is 0.212. The molecule has 0 saturated carbocycles. The molecule has 2 heterocycles. The Labute approximate surface area is 292 Å². The van der Waals surface area contributed by atoms with Gasteiger partial charge in [0.05, 0.1) is 11.8 Å². The number of benzene rings is 6. The van der Waals surface area contributed by atoms with Crippen LogP contribution >= 0.6 is 0 Å². The summed E-state index contributed by atoms with van der Waals surface area (Å²) in [6.45, 7) is 0. The van der Waals surface area contributed by atoms with Crippen molar-refractivity contribution in [1.29, 1.82) is 0 Å². The zero-order chi connectivity index (χ0) is 35.4. The summed E-state index contributed by atoms with van der Waals surface area (Å²) in [6, 6.07) is 30.7. The first-order valence-corrected chi connectivity index (χ1v) is 16.3. The quantitative estimate of drug-likeness (QED) is 0.0858. The molecule has 6 aromatic rings. The van der Waals surface area contributed by atoms with Gasteiger partial charge in [0.25, 0.3) is 0 Å². The van der Waals surface area contributed by atoms with Gasteiger partial charge in [-0.05, 0) is 94.0 Å². The third-order valence-corrected chi connectivity index (χ3v) is 9.46. The van der Waals surface area contributed by atoms with E-state index >= 15 is 0 Å². The number of aromatic hydroxyl groups is 7. The summed E-state index contributed by atoms with van der Waals surface area (Å²) >= 11 is 0. The second-order valence-electron chi connectivity index (χ2n) is 12.8. The molecule has 6 aromatic carbocycles.